The van der Waals surface area contributed by atoms with E-state index >= 15 is 0 Å². The van der Waals surface area contributed by atoms with Gasteiger partial charge in [-0.3, -0.25) is 0 Å². The molecular weight excluding hydrogens is 245 g/mol. The molecular formula is C10H10NSSe. The van der Waals surface area contributed by atoms with Crippen LogP contribution in [0, 0.1) is 0 Å². The summed E-state index contributed by atoms with van der Waals surface area (Å²) >= 11 is 4.57. The SMILES string of the molecule is C=CCSC([Se])=Nc1ccccc1. The Labute approximate surface area is 91.2 Å². The first-order valence-corrected chi connectivity index (χ1v) is 5.71. The fraction of sp³-hybridized carbons (Fsp3) is 0.100. The molecule has 1 radical (unpaired) electrons. The molecule has 0 aliphatic rings. The molecule has 0 N–H and O–H groups in total. The second-order valence-corrected chi connectivity index (χ2v) is 4.72. The number of para-hydroxylation sites is 1. The Morgan fingerprint density at radius 1 is 1.46 bits per heavy atom. The number of aliphatic imine (C=N–C) groups is 1. The second-order valence-electron chi connectivity index (χ2n) is 2.31. The van der Waals surface area contributed by atoms with Gasteiger partial charge in [0.25, 0.3) is 0 Å². The van der Waals surface area contributed by atoms with Crippen LogP contribution in [-0.4, -0.2) is 25.7 Å². The van der Waals surface area contributed by atoms with Gasteiger partial charge in [-0.2, -0.15) is 0 Å². The van der Waals surface area contributed by atoms with Crippen molar-refractivity contribution in [1.82, 2.24) is 0 Å². The molecule has 0 atom stereocenters. The van der Waals surface area contributed by atoms with Crippen molar-refractivity contribution in [2.75, 3.05) is 5.75 Å². The van der Waals surface area contributed by atoms with Crippen LogP contribution in [0.5, 0.6) is 0 Å². The zero-order valence-electron chi connectivity index (χ0n) is 7.14. The van der Waals surface area contributed by atoms with E-state index in [0.29, 0.717) is 0 Å². The number of hydrogen-bond donors (Lipinski definition) is 0. The number of hydrogen-bond acceptors (Lipinski definition) is 2. The molecule has 0 heterocycles. The average Bonchev–Trinajstić information content (AvgIpc) is 2.16. The number of rotatable bonds is 3. The Kier molecular flexibility index (Phi) is 4.91. The molecule has 0 aliphatic heterocycles. The summed E-state index contributed by atoms with van der Waals surface area (Å²) in [5.41, 5.74) is 0.979. The molecule has 0 aromatic heterocycles. The molecule has 1 rings (SSSR count). The molecule has 1 aromatic carbocycles. The van der Waals surface area contributed by atoms with Crippen molar-refractivity contribution in [1.29, 1.82) is 0 Å². The van der Waals surface area contributed by atoms with Crippen LogP contribution in [0.15, 0.2) is 48.0 Å². The summed E-state index contributed by atoms with van der Waals surface area (Å²) < 4.78 is 0.950. The van der Waals surface area contributed by atoms with Gasteiger partial charge in [-0.05, 0) is 0 Å². The Hall–Kier alpha value is -0.501. The summed E-state index contributed by atoms with van der Waals surface area (Å²) in [4.78, 5) is 4.37. The Bertz CT molecular complexity index is 295. The van der Waals surface area contributed by atoms with Crippen LogP contribution < -0.4 is 0 Å². The molecule has 0 fully saturated rings. The van der Waals surface area contributed by atoms with Gasteiger partial charge in [-0.25, -0.2) is 0 Å². The molecule has 0 saturated heterocycles. The zero-order valence-corrected chi connectivity index (χ0v) is 9.67. The quantitative estimate of drug-likeness (QED) is 0.350. The molecule has 0 spiro atoms. The van der Waals surface area contributed by atoms with Crippen LogP contribution in [0.1, 0.15) is 0 Å². The first-order chi connectivity index (χ1) is 6.33. The number of thioether (sulfide) groups is 1. The first-order valence-electron chi connectivity index (χ1n) is 3.87. The third-order valence-corrected chi connectivity index (χ3v) is 2.98. The Morgan fingerprint density at radius 2 is 2.15 bits per heavy atom. The average molecular weight is 255 g/mol. The van der Waals surface area contributed by atoms with Crippen molar-refractivity contribution in [3.8, 4) is 0 Å². The van der Waals surface area contributed by atoms with Gasteiger partial charge in [0.2, 0.25) is 0 Å². The van der Waals surface area contributed by atoms with E-state index in [1.165, 1.54) is 0 Å². The Morgan fingerprint density at radius 3 is 2.77 bits per heavy atom. The summed E-state index contributed by atoms with van der Waals surface area (Å²) in [6.45, 7) is 3.65. The molecule has 13 heavy (non-hydrogen) atoms. The van der Waals surface area contributed by atoms with E-state index in [9.17, 15) is 0 Å². The molecule has 0 unspecified atom stereocenters. The second kappa shape index (κ2) is 6.03. The standard InChI is InChI=1S/C10H10NSSe/c1-2-8-12-10(13)11-9-6-4-3-5-7-9/h2-7H,1,8H2. The maximum absolute atomic E-state index is 4.37. The fourth-order valence-corrected chi connectivity index (χ4v) is 1.85. The van der Waals surface area contributed by atoms with Crippen LogP contribution in [0.25, 0.3) is 0 Å². The van der Waals surface area contributed by atoms with Crippen molar-refractivity contribution >= 4 is 37.4 Å². The van der Waals surface area contributed by atoms with Crippen molar-refractivity contribution in [2.45, 2.75) is 0 Å². The normalized spacial score (nSPS) is 11.2. The van der Waals surface area contributed by atoms with Gasteiger partial charge >= 0.3 is 91.1 Å². The van der Waals surface area contributed by atoms with Crippen LogP contribution in [0.2, 0.25) is 0 Å². The van der Waals surface area contributed by atoms with Crippen LogP contribution in [-0.2, 0) is 0 Å². The minimum atomic E-state index is 0.888. The van der Waals surface area contributed by atoms with E-state index in [-0.39, 0.29) is 0 Å². The predicted octanol–water partition coefficient (Wildman–Crippen LogP) is 2.76. The molecule has 0 saturated carbocycles. The molecule has 67 valence electrons. The summed E-state index contributed by atoms with van der Waals surface area (Å²) in [6, 6.07) is 9.89. The van der Waals surface area contributed by atoms with E-state index < -0.39 is 0 Å². The summed E-state index contributed by atoms with van der Waals surface area (Å²) in [5, 5.41) is 0. The third-order valence-electron chi connectivity index (χ3n) is 1.30. The van der Waals surface area contributed by atoms with Gasteiger partial charge < -0.3 is 0 Å². The first kappa shape index (κ1) is 10.6. The van der Waals surface area contributed by atoms with Crippen molar-refractivity contribution in [3.05, 3.63) is 43.0 Å². The summed E-state index contributed by atoms with van der Waals surface area (Å²) in [6.07, 6.45) is 1.86. The van der Waals surface area contributed by atoms with Gasteiger partial charge in [-0.1, -0.05) is 0 Å². The fourth-order valence-electron chi connectivity index (χ4n) is 0.770. The molecule has 1 aromatic rings. The van der Waals surface area contributed by atoms with Gasteiger partial charge in [0.05, 0.1) is 0 Å². The zero-order chi connectivity index (χ0) is 9.52. The van der Waals surface area contributed by atoms with Crippen LogP contribution >= 0.6 is 11.8 Å². The maximum atomic E-state index is 4.37. The molecule has 0 aliphatic carbocycles. The van der Waals surface area contributed by atoms with Crippen molar-refractivity contribution in [2.24, 2.45) is 4.99 Å². The van der Waals surface area contributed by atoms with Crippen LogP contribution in [0.3, 0.4) is 0 Å². The van der Waals surface area contributed by atoms with Crippen molar-refractivity contribution in [3.63, 3.8) is 0 Å². The van der Waals surface area contributed by atoms with E-state index in [4.69, 9.17) is 0 Å². The van der Waals surface area contributed by atoms with Crippen LogP contribution in [0.4, 0.5) is 5.69 Å². The molecule has 3 heteroatoms. The van der Waals surface area contributed by atoms with E-state index in [0.717, 1.165) is 15.4 Å². The van der Waals surface area contributed by atoms with Gasteiger partial charge in [-0.15, -0.1) is 0 Å². The van der Waals surface area contributed by atoms with E-state index in [1.807, 2.05) is 36.4 Å². The summed E-state index contributed by atoms with van der Waals surface area (Å²) in [5.74, 6) is 0.888. The number of nitrogens with zero attached hydrogens (tertiary/aromatic N) is 1. The number of benzene rings is 1. The minimum absolute atomic E-state index is 0.888. The van der Waals surface area contributed by atoms with E-state index in [2.05, 4.69) is 27.6 Å². The molecule has 0 amide bonds. The molecule has 0 bridgehead atoms. The third kappa shape index (κ3) is 4.32. The Balaban J connectivity index is 2.60. The topological polar surface area (TPSA) is 12.4 Å². The van der Waals surface area contributed by atoms with E-state index in [1.54, 1.807) is 11.8 Å². The monoisotopic (exact) mass is 256 g/mol. The predicted molar refractivity (Wildman–Crippen MR) is 61.9 cm³/mol. The van der Waals surface area contributed by atoms with Gasteiger partial charge in [0, 0.05) is 0 Å². The van der Waals surface area contributed by atoms with Gasteiger partial charge in [0.15, 0.2) is 0 Å². The molecule has 1 nitrogen and oxygen atoms in total. The van der Waals surface area contributed by atoms with Crippen molar-refractivity contribution < 1.29 is 0 Å². The summed E-state index contributed by atoms with van der Waals surface area (Å²) in [7, 11) is 0. The van der Waals surface area contributed by atoms with Gasteiger partial charge in [0.1, 0.15) is 0 Å².